The minimum atomic E-state index is -2.18. The lowest BCUT2D eigenvalue weighted by Gasteiger charge is -2.25. The van der Waals surface area contributed by atoms with Crippen LogP contribution in [0.5, 0.6) is 5.75 Å². The lowest BCUT2D eigenvalue weighted by atomic mass is 10.0. The summed E-state index contributed by atoms with van der Waals surface area (Å²) in [5.41, 5.74) is 6.64. The van der Waals surface area contributed by atoms with Gasteiger partial charge in [0.25, 0.3) is 5.72 Å². The number of carboxylic acid groups (broad SMARTS) is 1. The zero-order chi connectivity index (χ0) is 18.3. The number of nitrogens with one attached hydrogen (secondary N) is 1. The van der Waals surface area contributed by atoms with Crippen LogP contribution in [0, 0.1) is 0 Å². The molecule has 2 rings (SSSR count). The molecule has 1 atom stereocenters. The molecule has 0 aliphatic rings. The fourth-order valence-electron chi connectivity index (χ4n) is 2.07. The molecule has 0 aliphatic heterocycles. The molecular weight excluding hydrogens is 324 g/mol. The van der Waals surface area contributed by atoms with Crippen LogP contribution in [0.1, 0.15) is 16.8 Å². The van der Waals surface area contributed by atoms with E-state index in [2.05, 4.69) is 10.4 Å². The Hall–Kier alpha value is -3.23. The van der Waals surface area contributed by atoms with Crippen molar-refractivity contribution in [1.29, 1.82) is 0 Å². The second-order valence-corrected chi connectivity index (χ2v) is 5.18. The van der Waals surface area contributed by atoms with Gasteiger partial charge in [-0.25, -0.2) is 15.6 Å². The number of carbonyl (C=O) groups is 2. The lowest BCUT2D eigenvalue weighted by Crippen LogP contribution is -2.54. The maximum Gasteiger partial charge on any atom is 0.364 e. The van der Waals surface area contributed by atoms with Gasteiger partial charge in [-0.2, -0.15) is 0 Å². The van der Waals surface area contributed by atoms with Gasteiger partial charge in [-0.3, -0.25) is 10.5 Å². The average Bonchev–Trinajstić information content (AvgIpc) is 2.60. The first-order valence-electron chi connectivity index (χ1n) is 7.33. The van der Waals surface area contributed by atoms with Gasteiger partial charge in [0.05, 0.1) is 12.1 Å². The molecule has 0 radical (unpaired) electrons. The van der Waals surface area contributed by atoms with Gasteiger partial charge >= 0.3 is 5.97 Å². The van der Waals surface area contributed by atoms with Crippen LogP contribution in [0.25, 0.3) is 0 Å². The van der Waals surface area contributed by atoms with Crippen molar-refractivity contribution in [2.24, 2.45) is 16.6 Å². The van der Waals surface area contributed by atoms with Crippen LogP contribution < -0.4 is 21.7 Å². The molecule has 0 heterocycles. The van der Waals surface area contributed by atoms with Crippen molar-refractivity contribution < 1.29 is 19.4 Å². The summed E-state index contributed by atoms with van der Waals surface area (Å²) in [6, 6.07) is 14.5. The van der Waals surface area contributed by atoms with Crippen molar-refractivity contribution in [3.8, 4) is 5.75 Å². The Morgan fingerprint density at radius 3 is 2.56 bits per heavy atom. The molecule has 8 nitrogen and oxygen atoms in total. The SMILES string of the molecule is NNC=Nc1cccc(C(=O)CC(N)(Oc2ccccc2)C(=O)O)c1. The van der Waals surface area contributed by atoms with E-state index in [1.54, 1.807) is 48.5 Å². The number of nitrogens with zero attached hydrogens (tertiary/aromatic N) is 1. The molecule has 130 valence electrons. The van der Waals surface area contributed by atoms with Crippen molar-refractivity contribution in [1.82, 2.24) is 5.43 Å². The molecule has 0 fully saturated rings. The van der Waals surface area contributed by atoms with Crippen molar-refractivity contribution in [3.63, 3.8) is 0 Å². The first-order valence-corrected chi connectivity index (χ1v) is 7.33. The minimum Gasteiger partial charge on any atom is -0.477 e. The van der Waals surface area contributed by atoms with E-state index < -0.39 is 23.9 Å². The minimum absolute atomic E-state index is 0.257. The topological polar surface area (TPSA) is 140 Å². The Balaban J connectivity index is 2.20. The molecule has 0 bridgehead atoms. The van der Waals surface area contributed by atoms with Gasteiger partial charge in [0, 0.05) is 5.56 Å². The number of carboxylic acids is 1. The first kappa shape index (κ1) is 18.1. The van der Waals surface area contributed by atoms with E-state index in [-0.39, 0.29) is 11.3 Å². The lowest BCUT2D eigenvalue weighted by molar-refractivity contribution is -0.154. The molecule has 8 heteroatoms. The smallest absolute Gasteiger partial charge is 0.364 e. The standard InChI is InChI=1S/C17H18N4O4/c18-17(16(23)24,25-14-7-2-1-3-8-14)10-15(22)12-5-4-6-13(9-12)20-11-21-19/h1-9,11H,10,18-19H2,(H,20,21)(H,23,24). The summed E-state index contributed by atoms with van der Waals surface area (Å²) < 4.78 is 5.35. The number of carbonyl (C=O) groups excluding carboxylic acids is 1. The van der Waals surface area contributed by atoms with Crippen molar-refractivity contribution >= 4 is 23.8 Å². The molecule has 0 amide bonds. The van der Waals surface area contributed by atoms with Crippen molar-refractivity contribution in [2.45, 2.75) is 12.1 Å². The number of aliphatic carboxylic acids is 1. The third kappa shape index (κ3) is 4.87. The van der Waals surface area contributed by atoms with Gasteiger partial charge < -0.3 is 15.3 Å². The number of hydrogen-bond donors (Lipinski definition) is 4. The Bertz CT molecular complexity index is 779. The normalized spacial score (nSPS) is 13.2. The van der Waals surface area contributed by atoms with Crippen molar-refractivity contribution in [3.05, 3.63) is 60.2 Å². The van der Waals surface area contributed by atoms with E-state index in [9.17, 15) is 14.7 Å². The van der Waals surface area contributed by atoms with Crippen LogP contribution in [0.4, 0.5) is 5.69 Å². The molecule has 2 aromatic carbocycles. The van der Waals surface area contributed by atoms with E-state index >= 15 is 0 Å². The van der Waals surface area contributed by atoms with Crippen LogP contribution in [0.15, 0.2) is 59.6 Å². The van der Waals surface area contributed by atoms with E-state index in [1.807, 2.05) is 0 Å². The third-order valence-corrected chi connectivity index (χ3v) is 3.28. The highest BCUT2D eigenvalue weighted by Gasteiger charge is 2.39. The summed E-state index contributed by atoms with van der Waals surface area (Å²) in [4.78, 5) is 28.0. The van der Waals surface area contributed by atoms with E-state index in [4.69, 9.17) is 16.3 Å². The number of ketones is 1. The van der Waals surface area contributed by atoms with Gasteiger partial charge in [0.1, 0.15) is 12.1 Å². The number of benzene rings is 2. The summed E-state index contributed by atoms with van der Waals surface area (Å²) in [6.07, 6.45) is 0.714. The highest BCUT2D eigenvalue weighted by atomic mass is 16.5. The number of hydrogen-bond acceptors (Lipinski definition) is 6. The summed E-state index contributed by atoms with van der Waals surface area (Å²) in [6.45, 7) is 0. The molecule has 0 saturated heterocycles. The molecule has 6 N–H and O–H groups in total. The highest BCUT2D eigenvalue weighted by molar-refractivity contribution is 6.00. The predicted octanol–water partition coefficient (Wildman–Crippen LogP) is 1.20. The Labute approximate surface area is 144 Å². The third-order valence-electron chi connectivity index (χ3n) is 3.28. The van der Waals surface area contributed by atoms with Gasteiger partial charge in [-0.05, 0) is 24.3 Å². The van der Waals surface area contributed by atoms with E-state index in [1.165, 1.54) is 12.4 Å². The zero-order valence-corrected chi connectivity index (χ0v) is 13.3. The number of ether oxygens (including phenoxy) is 1. The monoisotopic (exact) mass is 342 g/mol. The first-order chi connectivity index (χ1) is 11.9. The molecular formula is C17H18N4O4. The highest BCUT2D eigenvalue weighted by Crippen LogP contribution is 2.21. The second kappa shape index (κ2) is 8.04. The molecule has 0 aliphatic carbocycles. The predicted molar refractivity (Wildman–Crippen MR) is 92.5 cm³/mol. The Morgan fingerprint density at radius 1 is 1.20 bits per heavy atom. The van der Waals surface area contributed by atoms with Crippen LogP contribution in [-0.2, 0) is 4.79 Å². The van der Waals surface area contributed by atoms with Gasteiger partial charge in [-0.1, -0.05) is 30.3 Å². The fraction of sp³-hybridized carbons (Fsp3) is 0.118. The number of para-hydroxylation sites is 1. The molecule has 2 aromatic rings. The number of aliphatic imine (C=N–C) groups is 1. The number of rotatable bonds is 8. The van der Waals surface area contributed by atoms with Crippen LogP contribution >= 0.6 is 0 Å². The van der Waals surface area contributed by atoms with Crippen LogP contribution in [0.3, 0.4) is 0 Å². The molecule has 0 saturated carbocycles. The summed E-state index contributed by atoms with van der Waals surface area (Å²) in [7, 11) is 0. The quantitative estimate of drug-likeness (QED) is 0.141. The molecule has 0 aromatic heterocycles. The summed E-state index contributed by atoms with van der Waals surface area (Å²) in [5, 5.41) is 9.41. The van der Waals surface area contributed by atoms with Crippen LogP contribution in [-0.4, -0.2) is 28.9 Å². The molecule has 1 unspecified atom stereocenters. The van der Waals surface area contributed by atoms with Gasteiger partial charge in [0.15, 0.2) is 5.78 Å². The molecule has 25 heavy (non-hydrogen) atoms. The van der Waals surface area contributed by atoms with Gasteiger partial charge in [0.2, 0.25) is 0 Å². The Morgan fingerprint density at radius 2 is 1.92 bits per heavy atom. The number of hydrazine groups is 1. The second-order valence-electron chi connectivity index (χ2n) is 5.18. The van der Waals surface area contributed by atoms with Gasteiger partial charge in [-0.15, -0.1) is 0 Å². The number of Topliss-reactive ketones (excluding diaryl/α,β-unsaturated/α-hetero) is 1. The maximum atomic E-state index is 12.5. The van der Waals surface area contributed by atoms with E-state index in [0.717, 1.165) is 0 Å². The van der Waals surface area contributed by atoms with Crippen LogP contribution in [0.2, 0.25) is 0 Å². The maximum absolute atomic E-state index is 12.5. The largest absolute Gasteiger partial charge is 0.477 e. The van der Waals surface area contributed by atoms with E-state index in [0.29, 0.717) is 5.69 Å². The van der Waals surface area contributed by atoms with Crippen molar-refractivity contribution in [2.75, 3.05) is 0 Å². The zero-order valence-electron chi connectivity index (χ0n) is 13.3. The fourth-order valence-corrected chi connectivity index (χ4v) is 2.07. The number of nitrogens with two attached hydrogens (primary N) is 2. The Kier molecular flexibility index (Phi) is 5.83. The molecule has 0 spiro atoms. The summed E-state index contributed by atoms with van der Waals surface area (Å²) >= 11 is 0. The average molecular weight is 342 g/mol. The summed E-state index contributed by atoms with van der Waals surface area (Å²) in [5.74, 6) is 3.43.